The zero-order chi connectivity index (χ0) is 16.8. The fourth-order valence-electron chi connectivity index (χ4n) is 2.00. The molecule has 0 saturated carbocycles. The minimum Gasteiger partial charge on any atom is -0.469 e. The summed E-state index contributed by atoms with van der Waals surface area (Å²) in [7, 11) is 1.31. The summed E-state index contributed by atoms with van der Waals surface area (Å²) >= 11 is 1.35. The van der Waals surface area contributed by atoms with Gasteiger partial charge in [-0.1, -0.05) is 23.9 Å². The Morgan fingerprint density at radius 1 is 1.48 bits per heavy atom. The first-order chi connectivity index (χ1) is 11.1. The normalized spacial score (nSPS) is 11.9. The van der Waals surface area contributed by atoms with Gasteiger partial charge in [0.05, 0.1) is 36.4 Å². The summed E-state index contributed by atoms with van der Waals surface area (Å²) in [6.07, 6.45) is 0.0950. The third-order valence-electron chi connectivity index (χ3n) is 3.28. The van der Waals surface area contributed by atoms with Crippen LogP contribution in [0.4, 0.5) is 0 Å². The minimum absolute atomic E-state index is 0.0950. The van der Waals surface area contributed by atoms with Crippen LogP contribution < -0.4 is 5.56 Å². The number of ether oxygens (including phenoxy) is 1. The maximum atomic E-state index is 12.7. The molecule has 0 amide bonds. The largest absolute Gasteiger partial charge is 0.469 e. The van der Waals surface area contributed by atoms with Gasteiger partial charge >= 0.3 is 5.97 Å². The molecular weight excluding hydrogens is 314 g/mol. The highest BCUT2D eigenvalue weighted by Gasteiger charge is 2.14. The molecule has 0 aliphatic carbocycles. The molecule has 6 nitrogen and oxygen atoms in total. The minimum atomic E-state index is -0.383. The first kappa shape index (κ1) is 17.0. The van der Waals surface area contributed by atoms with Crippen molar-refractivity contribution in [2.75, 3.05) is 12.9 Å². The number of hydrogen-bond acceptors (Lipinski definition) is 6. The molecule has 0 radical (unpaired) electrons. The molecule has 0 N–H and O–H groups in total. The lowest BCUT2D eigenvalue weighted by molar-refractivity contribution is -0.140. The molecule has 120 valence electrons. The molecule has 23 heavy (non-hydrogen) atoms. The van der Waals surface area contributed by atoms with E-state index in [0.717, 1.165) is 0 Å². The van der Waals surface area contributed by atoms with E-state index in [2.05, 4.69) is 15.8 Å². The van der Waals surface area contributed by atoms with Crippen LogP contribution in [0.25, 0.3) is 10.9 Å². The molecule has 2 rings (SSSR count). The van der Waals surface area contributed by atoms with Crippen LogP contribution in [0.15, 0.2) is 34.2 Å². The van der Waals surface area contributed by atoms with Crippen LogP contribution >= 0.6 is 11.8 Å². The second kappa shape index (κ2) is 7.79. The van der Waals surface area contributed by atoms with Crippen molar-refractivity contribution in [2.24, 2.45) is 5.92 Å². The fourth-order valence-corrected chi connectivity index (χ4v) is 2.96. The number of benzene rings is 1. The smallest absolute Gasteiger partial charge is 0.307 e. The van der Waals surface area contributed by atoms with Crippen LogP contribution in [0.2, 0.25) is 0 Å². The number of hydrogen-bond donors (Lipinski definition) is 0. The van der Waals surface area contributed by atoms with E-state index in [1.54, 1.807) is 18.2 Å². The van der Waals surface area contributed by atoms with E-state index in [1.165, 1.54) is 23.4 Å². The molecule has 0 bridgehead atoms. The number of methoxy groups -OCH3 is 1. The average Bonchev–Trinajstić information content (AvgIpc) is 2.58. The molecule has 1 heterocycles. The van der Waals surface area contributed by atoms with Crippen molar-refractivity contribution in [2.45, 2.75) is 25.0 Å². The maximum absolute atomic E-state index is 12.7. The Bertz CT molecular complexity index is 810. The second-order valence-electron chi connectivity index (χ2n) is 5.04. The number of thioether (sulfide) groups is 1. The van der Waals surface area contributed by atoms with Crippen molar-refractivity contribution in [1.82, 2.24) is 9.55 Å². The Morgan fingerprint density at radius 2 is 2.22 bits per heavy atom. The summed E-state index contributed by atoms with van der Waals surface area (Å²) < 4.78 is 6.11. The van der Waals surface area contributed by atoms with Gasteiger partial charge in [-0.3, -0.25) is 14.2 Å². The predicted molar refractivity (Wildman–Crippen MR) is 88.1 cm³/mol. The van der Waals surface area contributed by atoms with Crippen LogP contribution in [0.5, 0.6) is 0 Å². The van der Waals surface area contributed by atoms with Gasteiger partial charge in [-0.25, -0.2) is 4.98 Å². The van der Waals surface area contributed by atoms with E-state index in [0.29, 0.717) is 21.8 Å². The summed E-state index contributed by atoms with van der Waals surface area (Å²) in [6, 6.07) is 9.24. The van der Waals surface area contributed by atoms with Crippen molar-refractivity contribution >= 4 is 28.6 Å². The molecule has 7 heteroatoms. The van der Waals surface area contributed by atoms with Gasteiger partial charge in [-0.05, 0) is 19.1 Å². The number of carbonyl (C=O) groups is 1. The number of nitrogens with zero attached hydrogens (tertiary/aromatic N) is 3. The van der Waals surface area contributed by atoms with Crippen LogP contribution in [-0.4, -0.2) is 28.4 Å². The van der Waals surface area contributed by atoms with Crippen molar-refractivity contribution in [3.8, 4) is 6.07 Å². The molecular formula is C16H17N3O3S. The Labute approximate surface area is 138 Å². The summed E-state index contributed by atoms with van der Waals surface area (Å²) in [5.41, 5.74) is 0.422. The number of para-hydroxylation sites is 1. The van der Waals surface area contributed by atoms with Gasteiger partial charge in [0.2, 0.25) is 0 Å². The van der Waals surface area contributed by atoms with Crippen LogP contribution in [0, 0.1) is 17.2 Å². The zero-order valence-corrected chi connectivity index (χ0v) is 13.8. The maximum Gasteiger partial charge on any atom is 0.307 e. The van der Waals surface area contributed by atoms with E-state index < -0.39 is 0 Å². The molecule has 0 aliphatic heterocycles. The van der Waals surface area contributed by atoms with Crippen molar-refractivity contribution in [1.29, 1.82) is 5.26 Å². The van der Waals surface area contributed by atoms with E-state index in [-0.39, 0.29) is 30.4 Å². The highest BCUT2D eigenvalue weighted by molar-refractivity contribution is 7.99. The quantitative estimate of drug-likeness (QED) is 0.458. The Morgan fingerprint density at radius 3 is 2.91 bits per heavy atom. The third kappa shape index (κ3) is 4.11. The van der Waals surface area contributed by atoms with Crippen molar-refractivity contribution in [3.63, 3.8) is 0 Å². The molecule has 1 atom stereocenters. The third-order valence-corrected chi connectivity index (χ3v) is 4.51. The highest BCUT2D eigenvalue weighted by atomic mass is 32.2. The van der Waals surface area contributed by atoms with Crippen molar-refractivity contribution in [3.05, 3.63) is 34.6 Å². The molecule has 0 unspecified atom stereocenters. The molecule has 0 aliphatic rings. The monoisotopic (exact) mass is 331 g/mol. The van der Waals surface area contributed by atoms with Crippen LogP contribution in [-0.2, 0) is 16.1 Å². The van der Waals surface area contributed by atoms with Gasteiger partial charge in [0, 0.05) is 12.3 Å². The average molecular weight is 331 g/mol. The number of nitriles is 1. The summed E-state index contributed by atoms with van der Waals surface area (Å²) in [5.74, 6) is -0.0108. The van der Waals surface area contributed by atoms with Crippen LogP contribution in [0.3, 0.4) is 0 Å². The van der Waals surface area contributed by atoms with E-state index >= 15 is 0 Å². The Kier molecular flexibility index (Phi) is 5.77. The zero-order valence-electron chi connectivity index (χ0n) is 13.0. The van der Waals surface area contributed by atoms with Gasteiger partial charge in [-0.15, -0.1) is 0 Å². The second-order valence-corrected chi connectivity index (χ2v) is 6.02. The highest BCUT2D eigenvalue weighted by Crippen LogP contribution is 2.20. The van der Waals surface area contributed by atoms with Gasteiger partial charge in [-0.2, -0.15) is 5.26 Å². The van der Waals surface area contributed by atoms with E-state index in [9.17, 15) is 9.59 Å². The SMILES string of the molecule is COC(=O)CCn1c(SC[C@H](C)C#N)nc2ccccc2c1=O. The standard InChI is InChI=1S/C16H17N3O3S/c1-11(9-17)10-23-16-18-13-6-4-3-5-12(13)15(21)19(16)8-7-14(20)22-2/h3-6,11H,7-8,10H2,1-2H3/t11-/m1/s1. The summed E-state index contributed by atoms with van der Waals surface area (Å²) in [6.45, 7) is 2.01. The molecule has 0 saturated heterocycles. The lowest BCUT2D eigenvalue weighted by Crippen LogP contribution is -2.25. The van der Waals surface area contributed by atoms with Gasteiger partial charge in [0.15, 0.2) is 5.16 Å². The first-order valence-corrected chi connectivity index (χ1v) is 8.14. The van der Waals surface area contributed by atoms with Gasteiger partial charge in [0.1, 0.15) is 0 Å². The molecule has 1 aromatic carbocycles. The number of aromatic nitrogens is 2. The molecule has 0 fully saturated rings. The number of fused-ring (bicyclic) bond motifs is 1. The summed E-state index contributed by atoms with van der Waals surface area (Å²) in [5, 5.41) is 9.93. The lowest BCUT2D eigenvalue weighted by atomic mass is 10.2. The van der Waals surface area contributed by atoms with Crippen molar-refractivity contribution < 1.29 is 9.53 Å². The number of esters is 1. The molecule has 1 aromatic heterocycles. The predicted octanol–water partition coefficient (Wildman–Crippen LogP) is 2.21. The van der Waals surface area contributed by atoms with Gasteiger partial charge in [0.25, 0.3) is 5.56 Å². The topological polar surface area (TPSA) is 85.0 Å². The fraction of sp³-hybridized carbons (Fsp3) is 0.375. The Balaban J connectivity index is 2.42. The first-order valence-electron chi connectivity index (χ1n) is 7.15. The Hall–Kier alpha value is -2.33. The lowest BCUT2D eigenvalue weighted by Gasteiger charge is -2.13. The van der Waals surface area contributed by atoms with E-state index in [4.69, 9.17) is 5.26 Å². The van der Waals surface area contributed by atoms with Gasteiger partial charge < -0.3 is 4.74 Å². The van der Waals surface area contributed by atoms with Crippen LogP contribution in [0.1, 0.15) is 13.3 Å². The number of carbonyl (C=O) groups excluding carboxylic acids is 1. The van der Waals surface area contributed by atoms with E-state index in [1.807, 2.05) is 13.0 Å². The molecule has 2 aromatic rings. The summed E-state index contributed by atoms with van der Waals surface area (Å²) in [4.78, 5) is 28.5. The number of rotatable bonds is 6. The molecule has 0 spiro atoms.